The molecule has 0 saturated carbocycles. The molecule has 124 valence electrons. The van der Waals surface area contributed by atoms with Crippen LogP contribution in [0.25, 0.3) is 11.0 Å². The Bertz CT molecular complexity index is 855. The molecule has 0 bridgehead atoms. The third-order valence-corrected chi connectivity index (χ3v) is 5.13. The fourth-order valence-corrected chi connectivity index (χ4v) is 3.39. The molecule has 0 aliphatic rings. The highest BCUT2D eigenvalue weighted by molar-refractivity contribution is 8.00. The van der Waals surface area contributed by atoms with E-state index in [0.717, 1.165) is 21.8 Å². The second kappa shape index (κ2) is 7.09. The van der Waals surface area contributed by atoms with Gasteiger partial charge in [-0.2, -0.15) is 0 Å². The maximum absolute atomic E-state index is 12.3. The van der Waals surface area contributed by atoms with Crippen molar-refractivity contribution in [2.45, 2.75) is 30.8 Å². The summed E-state index contributed by atoms with van der Waals surface area (Å²) in [5.41, 5.74) is 4.35. The zero-order chi connectivity index (χ0) is 17.1. The smallest absolute Gasteiger partial charge is 0.233 e. The molecule has 1 amide bonds. The third kappa shape index (κ3) is 3.62. The van der Waals surface area contributed by atoms with Crippen LogP contribution < -0.4 is 5.32 Å². The lowest BCUT2D eigenvalue weighted by Gasteiger charge is -2.12. The lowest BCUT2D eigenvalue weighted by atomic mass is 10.1. The van der Waals surface area contributed by atoms with Crippen LogP contribution in [0.4, 0.5) is 0 Å². The molecule has 0 spiro atoms. The summed E-state index contributed by atoms with van der Waals surface area (Å²) in [6.07, 6.45) is 0. The zero-order valence-electron chi connectivity index (χ0n) is 14.1. The number of nitrogens with zero attached hydrogens (tertiary/aromatic N) is 2. The van der Waals surface area contributed by atoms with E-state index in [2.05, 4.69) is 29.4 Å². The molecule has 0 radical (unpaired) electrons. The number of aromatic nitrogens is 2. The molecule has 0 aliphatic heterocycles. The van der Waals surface area contributed by atoms with Crippen molar-refractivity contribution >= 4 is 28.7 Å². The van der Waals surface area contributed by atoms with Crippen molar-refractivity contribution < 1.29 is 4.79 Å². The molecule has 4 nitrogen and oxygen atoms in total. The maximum atomic E-state index is 12.3. The van der Waals surface area contributed by atoms with Crippen LogP contribution in [0.5, 0.6) is 0 Å². The van der Waals surface area contributed by atoms with Crippen LogP contribution in [-0.2, 0) is 18.4 Å². The van der Waals surface area contributed by atoms with E-state index in [4.69, 9.17) is 0 Å². The molecule has 1 N–H and O–H groups in total. The molecule has 3 rings (SSSR count). The van der Waals surface area contributed by atoms with Gasteiger partial charge in [-0.15, -0.1) is 0 Å². The van der Waals surface area contributed by atoms with E-state index in [1.165, 1.54) is 17.3 Å². The van der Waals surface area contributed by atoms with Crippen molar-refractivity contribution in [2.75, 3.05) is 0 Å². The summed E-state index contributed by atoms with van der Waals surface area (Å²) >= 11 is 1.48. The quantitative estimate of drug-likeness (QED) is 0.721. The Hall–Kier alpha value is -2.27. The molecular weight excluding hydrogens is 318 g/mol. The standard InChI is InChI=1S/C19H21N3OS/c1-13-8-10-15(11-9-13)12-20-18(23)14(2)24-19-21-16-6-4-5-7-17(16)22(19)3/h4-11,14H,12H2,1-3H3,(H,20,23). The first-order valence-corrected chi connectivity index (χ1v) is 8.84. The summed E-state index contributed by atoms with van der Waals surface area (Å²) in [5.74, 6) is 0.0210. The lowest BCUT2D eigenvalue weighted by Crippen LogP contribution is -2.30. The first-order chi connectivity index (χ1) is 11.5. The first kappa shape index (κ1) is 16.6. The fourth-order valence-electron chi connectivity index (χ4n) is 2.48. The number of imidazole rings is 1. The number of hydrogen-bond donors (Lipinski definition) is 1. The molecule has 3 aromatic rings. The highest BCUT2D eigenvalue weighted by Crippen LogP contribution is 2.26. The monoisotopic (exact) mass is 339 g/mol. The first-order valence-electron chi connectivity index (χ1n) is 7.96. The van der Waals surface area contributed by atoms with E-state index in [1.54, 1.807) is 0 Å². The predicted molar refractivity (Wildman–Crippen MR) is 99.1 cm³/mol. The summed E-state index contributed by atoms with van der Waals surface area (Å²) in [5, 5.41) is 3.65. The molecular formula is C19H21N3OS. The average Bonchev–Trinajstić information content (AvgIpc) is 2.90. The Kier molecular flexibility index (Phi) is 4.90. The van der Waals surface area contributed by atoms with Crippen LogP contribution in [0.3, 0.4) is 0 Å². The highest BCUT2D eigenvalue weighted by atomic mass is 32.2. The summed E-state index contributed by atoms with van der Waals surface area (Å²) in [4.78, 5) is 17.0. The number of hydrogen-bond acceptors (Lipinski definition) is 3. The molecule has 0 fully saturated rings. The molecule has 0 aliphatic carbocycles. The molecule has 1 aromatic heterocycles. The number of thioether (sulfide) groups is 1. The second-order valence-corrected chi connectivity index (χ2v) is 7.21. The molecule has 2 aromatic carbocycles. The molecule has 1 atom stereocenters. The van der Waals surface area contributed by atoms with Crippen molar-refractivity contribution in [2.24, 2.45) is 7.05 Å². The number of fused-ring (bicyclic) bond motifs is 1. The van der Waals surface area contributed by atoms with Gasteiger partial charge in [-0.05, 0) is 31.5 Å². The van der Waals surface area contributed by atoms with Crippen molar-refractivity contribution in [3.8, 4) is 0 Å². The van der Waals surface area contributed by atoms with Gasteiger partial charge in [0.15, 0.2) is 5.16 Å². The minimum atomic E-state index is -0.203. The average molecular weight is 339 g/mol. The van der Waals surface area contributed by atoms with Gasteiger partial charge < -0.3 is 9.88 Å². The van der Waals surface area contributed by atoms with Crippen molar-refractivity contribution in [3.05, 3.63) is 59.7 Å². The number of carbonyl (C=O) groups excluding carboxylic acids is 1. The minimum absolute atomic E-state index is 0.0210. The summed E-state index contributed by atoms with van der Waals surface area (Å²) in [6, 6.07) is 16.2. The molecule has 1 unspecified atom stereocenters. The topological polar surface area (TPSA) is 46.9 Å². The van der Waals surface area contributed by atoms with E-state index in [1.807, 2.05) is 54.9 Å². The van der Waals surface area contributed by atoms with Gasteiger partial charge in [0.25, 0.3) is 0 Å². The third-order valence-electron chi connectivity index (χ3n) is 3.98. The SMILES string of the molecule is Cc1ccc(CNC(=O)C(C)Sc2nc3ccccc3n2C)cc1. The van der Waals surface area contributed by atoms with Crippen LogP contribution in [0.1, 0.15) is 18.1 Å². The van der Waals surface area contributed by atoms with E-state index < -0.39 is 0 Å². The number of rotatable bonds is 5. The van der Waals surface area contributed by atoms with Gasteiger partial charge in [-0.1, -0.05) is 53.7 Å². The van der Waals surface area contributed by atoms with E-state index in [0.29, 0.717) is 6.54 Å². The molecule has 1 heterocycles. The predicted octanol–water partition coefficient (Wildman–Crippen LogP) is 3.68. The van der Waals surface area contributed by atoms with Gasteiger partial charge >= 0.3 is 0 Å². The maximum Gasteiger partial charge on any atom is 0.233 e. The number of aryl methyl sites for hydroxylation is 2. The summed E-state index contributed by atoms with van der Waals surface area (Å²) in [7, 11) is 1.98. The van der Waals surface area contributed by atoms with Crippen LogP contribution >= 0.6 is 11.8 Å². The Morgan fingerprint density at radius 1 is 1.21 bits per heavy atom. The van der Waals surface area contributed by atoms with Crippen LogP contribution in [0.15, 0.2) is 53.7 Å². The molecule has 0 saturated heterocycles. The Morgan fingerprint density at radius 3 is 2.62 bits per heavy atom. The normalized spacial score (nSPS) is 12.3. The Morgan fingerprint density at radius 2 is 1.92 bits per heavy atom. The highest BCUT2D eigenvalue weighted by Gasteiger charge is 2.18. The van der Waals surface area contributed by atoms with Gasteiger partial charge in [0.1, 0.15) is 0 Å². The van der Waals surface area contributed by atoms with Gasteiger partial charge in [0, 0.05) is 13.6 Å². The largest absolute Gasteiger partial charge is 0.351 e. The molecule has 24 heavy (non-hydrogen) atoms. The number of benzene rings is 2. The van der Waals surface area contributed by atoms with E-state index in [-0.39, 0.29) is 11.2 Å². The van der Waals surface area contributed by atoms with Gasteiger partial charge in [-0.25, -0.2) is 4.98 Å². The zero-order valence-corrected chi connectivity index (χ0v) is 14.9. The van der Waals surface area contributed by atoms with Gasteiger partial charge in [0.05, 0.1) is 16.3 Å². The van der Waals surface area contributed by atoms with Crippen LogP contribution in [0, 0.1) is 6.92 Å². The summed E-state index contributed by atoms with van der Waals surface area (Å²) < 4.78 is 2.03. The fraction of sp³-hybridized carbons (Fsp3) is 0.263. The number of nitrogens with one attached hydrogen (secondary N) is 1. The van der Waals surface area contributed by atoms with Crippen molar-refractivity contribution in [1.29, 1.82) is 0 Å². The Labute approximate surface area is 146 Å². The summed E-state index contributed by atoms with van der Waals surface area (Å²) in [6.45, 7) is 4.51. The van der Waals surface area contributed by atoms with Crippen LogP contribution in [0.2, 0.25) is 0 Å². The Balaban J connectivity index is 1.63. The van der Waals surface area contributed by atoms with Crippen molar-refractivity contribution in [1.82, 2.24) is 14.9 Å². The minimum Gasteiger partial charge on any atom is -0.351 e. The number of amides is 1. The lowest BCUT2D eigenvalue weighted by molar-refractivity contribution is -0.120. The number of carbonyl (C=O) groups is 1. The van der Waals surface area contributed by atoms with Gasteiger partial charge in [0.2, 0.25) is 5.91 Å². The van der Waals surface area contributed by atoms with E-state index in [9.17, 15) is 4.79 Å². The van der Waals surface area contributed by atoms with Crippen molar-refractivity contribution in [3.63, 3.8) is 0 Å². The van der Waals surface area contributed by atoms with E-state index >= 15 is 0 Å². The number of para-hydroxylation sites is 2. The van der Waals surface area contributed by atoms with Crippen LogP contribution in [-0.4, -0.2) is 20.7 Å². The second-order valence-electron chi connectivity index (χ2n) is 5.91. The molecule has 5 heteroatoms. The van der Waals surface area contributed by atoms with Gasteiger partial charge in [-0.3, -0.25) is 4.79 Å².